The predicted molar refractivity (Wildman–Crippen MR) is 66.1 cm³/mol. The molecule has 0 N–H and O–H groups in total. The van der Waals surface area contributed by atoms with Gasteiger partial charge in [-0.1, -0.05) is 0 Å². The van der Waals surface area contributed by atoms with Gasteiger partial charge >= 0.3 is 0 Å². The van der Waals surface area contributed by atoms with Crippen LogP contribution in [-0.4, -0.2) is 38.9 Å². The van der Waals surface area contributed by atoms with E-state index in [-0.39, 0.29) is 5.91 Å². The summed E-state index contributed by atoms with van der Waals surface area (Å²) in [5.74, 6) is -4.00. The van der Waals surface area contributed by atoms with E-state index in [0.717, 1.165) is 12.1 Å². The smallest absolute Gasteiger partial charge is 0.264 e. The minimum absolute atomic E-state index is 0.339. The van der Waals surface area contributed by atoms with Crippen LogP contribution in [0.15, 0.2) is 17.0 Å². The lowest BCUT2D eigenvalue weighted by Gasteiger charge is -2.14. The van der Waals surface area contributed by atoms with Gasteiger partial charge < -0.3 is 9.64 Å². The minimum atomic E-state index is -4.39. The molecular formula is C11H10ClF2NO4S. The molecule has 0 radical (unpaired) electrons. The number of likely N-dealkylation sites (N-methyl/N-ethyl adjacent to an activating group) is 1. The Hall–Kier alpha value is -1.41. The third kappa shape index (κ3) is 2.71. The van der Waals surface area contributed by atoms with Crippen molar-refractivity contribution in [3.63, 3.8) is 0 Å². The van der Waals surface area contributed by atoms with Crippen LogP contribution in [0.1, 0.15) is 6.42 Å². The van der Waals surface area contributed by atoms with Crippen molar-refractivity contribution in [2.45, 2.75) is 17.4 Å². The Morgan fingerprint density at radius 1 is 1.35 bits per heavy atom. The van der Waals surface area contributed by atoms with Crippen molar-refractivity contribution in [3.8, 4) is 5.75 Å². The minimum Gasteiger partial charge on any atom is -0.477 e. The number of amides is 1. The normalized spacial score (nSPS) is 19.5. The highest BCUT2D eigenvalue weighted by Gasteiger charge is 2.32. The molecule has 1 heterocycles. The number of rotatable bonds is 3. The number of halogens is 3. The van der Waals surface area contributed by atoms with Crippen LogP contribution in [0.5, 0.6) is 5.75 Å². The molecule has 1 aromatic rings. The third-order valence-electron chi connectivity index (χ3n) is 2.92. The quantitative estimate of drug-likeness (QED) is 0.790. The van der Waals surface area contributed by atoms with Crippen LogP contribution in [0.4, 0.5) is 8.78 Å². The topological polar surface area (TPSA) is 63.7 Å². The van der Waals surface area contributed by atoms with E-state index in [9.17, 15) is 22.0 Å². The first-order valence-electron chi connectivity index (χ1n) is 5.56. The second-order valence-corrected chi connectivity index (χ2v) is 6.82. The van der Waals surface area contributed by atoms with E-state index in [0.29, 0.717) is 13.0 Å². The molecule has 1 atom stereocenters. The van der Waals surface area contributed by atoms with Gasteiger partial charge in [-0.2, -0.15) is 4.39 Å². The van der Waals surface area contributed by atoms with Gasteiger partial charge in [0, 0.05) is 30.7 Å². The Labute approximate surface area is 118 Å². The van der Waals surface area contributed by atoms with E-state index in [2.05, 4.69) is 0 Å². The van der Waals surface area contributed by atoms with Gasteiger partial charge in [0.2, 0.25) is 5.82 Å². The summed E-state index contributed by atoms with van der Waals surface area (Å²) in [6.07, 6.45) is -0.571. The molecule has 1 fully saturated rings. The molecular weight excluding hydrogens is 316 g/mol. The Morgan fingerprint density at radius 3 is 2.50 bits per heavy atom. The van der Waals surface area contributed by atoms with Gasteiger partial charge in [-0.15, -0.1) is 0 Å². The summed E-state index contributed by atoms with van der Waals surface area (Å²) in [4.78, 5) is 12.0. The second-order valence-electron chi connectivity index (χ2n) is 4.28. The van der Waals surface area contributed by atoms with Gasteiger partial charge in [-0.3, -0.25) is 4.79 Å². The predicted octanol–water partition coefficient (Wildman–Crippen LogP) is 1.50. The third-order valence-corrected chi connectivity index (χ3v) is 4.26. The van der Waals surface area contributed by atoms with Crippen molar-refractivity contribution in [3.05, 3.63) is 23.8 Å². The molecule has 1 saturated heterocycles. The fourth-order valence-electron chi connectivity index (χ4n) is 1.85. The number of ether oxygens (including phenoxy) is 1. The molecule has 2 rings (SSSR count). The molecule has 0 aromatic heterocycles. The molecule has 1 aliphatic heterocycles. The average molecular weight is 326 g/mol. The number of likely N-dealkylation sites (tertiary alicyclic amines) is 1. The highest BCUT2D eigenvalue weighted by molar-refractivity contribution is 8.13. The highest BCUT2D eigenvalue weighted by atomic mass is 35.7. The van der Waals surface area contributed by atoms with Crippen molar-refractivity contribution >= 4 is 25.6 Å². The monoisotopic (exact) mass is 325 g/mol. The number of benzene rings is 1. The standard InChI is InChI=1S/C11H10ClF2NO4S/c1-15-5-4-7(11(15)16)19-6-2-3-8(20(12,17)18)10(14)9(6)13/h2-3,7H,4-5H2,1H3. The lowest BCUT2D eigenvalue weighted by atomic mass is 10.3. The summed E-state index contributed by atoms with van der Waals surface area (Å²) in [7, 11) is 2.13. The number of hydrogen-bond donors (Lipinski definition) is 0. The molecule has 1 aliphatic rings. The van der Waals surface area contributed by atoms with Crippen LogP contribution >= 0.6 is 10.7 Å². The van der Waals surface area contributed by atoms with Gasteiger partial charge in [0.25, 0.3) is 15.0 Å². The maximum Gasteiger partial charge on any atom is 0.264 e. The van der Waals surface area contributed by atoms with Crippen molar-refractivity contribution in [1.82, 2.24) is 4.90 Å². The zero-order valence-corrected chi connectivity index (χ0v) is 11.8. The SMILES string of the molecule is CN1CCC(Oc2ccc(S(=O)(=O)Cl)c(F)c2F)C1=O. The Kier molecular flexibility index (Phi) is 3.88. The van der Waals surface area contributed by atoms with E-state index in [1.54, 1.807) is 7.05 Å². The molecule has 0 spiro atoms. The van der Waals surface area contributed by atoms with Crippen LogP contribution in [-0.2, 0) is 13.8 Å². The van der Waals surface area contributed by atoms with Gasteiger partial charge in [-0.05, 0) is 12.1 Å². The molecule has 1 unspecified atom stereocenters. The Bertz CT molecular complexity index is 665. The maximum absolute atomic E-state index is 13.7. The number of carbonyl (C=O) groups excluding carboxylic acids is 1. The summed E-state index contributed by atoms with van der Waals surface area (Å²) in [5, 5.41) is 0. The molecule has 0 bridgehead atoms. The van der Waals surface area contributed by atoms with E-state index in [1.165, 1.54) is 4.90 Å². The van der Waals surface area contributed by atoms with Crippen LogP contribution in [0.2, 0.25) is 0 Å². The van der Waals surface area contributed by atoms with E-state index in [1.807, 2.05) is 0 Å². The number of nitrogens with zero attached hydrogens (tertiary/aromatic N) is 1. The first kappa shape index (κ1) is 15.0. The largest absolute Gasteiger partial charge is 0.477 e. The summed E-state index contributed by atoms with van der Waals surface area (Å²) in [6.45, 7) is 0.446. The Morgan fingerprint density at radius 2 is 2.00 bits per heavy atom. The van der Waals surface area contributed by atoms with Gasteiger partial charge in [-0.25, -0.2) is 12.8 Å². The molecule has 0 aliphatic carbocycles. The fraction of sp³-hybridized carbons (Fsp3) is 0.364. The summed E-state index contributed by atoms with van der Waals surface area (Å²) >= 11 is 0. The highest BCUT2D eigenvalue weighted by Crippen LogP contribution is 2.29. The zero-order valence-electron chi connectivity index (χ0n) is 10.3. The summed E-state index contributed by atoms with van der Waals surface area (Å²) in [6, 6.07) is 1.72. The maximum atomic E-state index is 13.7. The molecule has 110 valence electrons. The molecule has 1 aromatic carbocycles. The molecule has 20 heavy (non-hydrogen) atoms. The zero-order chi connectivity index (χ0) is 15.1. The molecule has 1 amide bonds. The van der Waals surface area contributed by atoms with Crippen LogP contribution in [0.25, 0.3) is 0 Å². The van der Waals surface area contributed by atoms with Crippen LogP contribution < -0.4 is 4.74 Å². The fourth-order valence-corrected chi connectivity index (χ4v) is 2.74. The van der Waals surface area contributed by atoms with Crippen molar-refractivity contribution < 1.29 is 26.7 Å². The summed E-state index contributed by atoms with van der Waals surface area (Å²) < 4.78 is 54.4. The number of hydrogen-bond acceptors (Lipinski definition) is 4. The summed E-state index contributed by atoms with van der Waals surface area (Å²) in [5.41, 5.74) is 0. The van der Waals surface area contributed by atoms with Crippen molar-refractivity contribution in [2.24, 2.45) is 0 Å². The second kappa shape index (κ2) is 5.17. The first-order chi connectivity index (χ1) is 9.21. The van der Waals surface area contributed by atoms with E-state index >= 15 is 0 Å². The van der Waals surface area contributed by atoms with E-state index < -0.39 is 37.4 Å². The number of carbonyl (C=O) groups is 1. The van der Waals surface area contributed by atoms with Crippen molar-refractivity contribution in [2.75, 3.05) is 13.6 Å². The van der Waals surface area contributed by atoms with Gasteiger partial charge in [0.05, 0.1) is 0 Å². The molecule has 9 heteroatoms. The van der Waals surface area contributed by atoms with Crippen LogP contribution in [0, 0.1) is 11.6 Å². The van der Waals surface area contributed by atoms with Gasteiger partial charge in [0.15, 0.2) is 17.7 Å². The van der Waals surface area contributed by atoms with Gasteiger partial charge in [0.1, 0.15) is 4.90 Å². The first-order valence-corrected chi connectivity index (χ1v) is 7.87. The Balaban J connectivity index is 2.31. The molecule has 0 saturated carbocycles. The van der Waals surface area contributed by atoms with Crippen molar-refractivity contribution in [1.29, 1.82) is 0 Å². The lowest BCUT2D eigenvalue weighted by molar-refractivity contribution is -0.132. The average Bonchev–Trinajstić information content (AvgIpc) is 2.65. The van der Waals surface area contributed by atoms with E-state index in [4.69, 9.17) is 15.4 Å². The molecule has 5 nitrogen and oxygen atoms in total. The lowest BCUT2D eigenvalue weighted by Crippen LogP contribution is -2.29. The van der Waals surface area contributed by atoms with Crippen LogP contribution in [0.3, 0.4) is 0 Å².